The van der Waals surface area contributed by atoms with Crippen LogP contribution in [0.1, 0.15) is 45.1 Å². The molecule has 21 heavy (non-hydrogen) atoms. The lowest BCUT2D eigenvalue weighted by atomic mass is 10.1. The highest BCUT2D eigenvalue weighted by atomic mass is 16.5. The van der Waals surface area contributed by atoms with Crippen LogP contribution in [0.15, 0.2) is 10.6 Å². The molecule has 2 unspecified atom stereocenters. The monoisotopic (exact) mass is 292 g/mol. The molecule has 2 fully saturated rings. The maximum absolute atomic E-state index is 5.51. The Labute approximate surface area is 127 Å². The molecule has 0 bridgehead atoms. The lowest BCUT2D eigenvalue weighted by Crippen LogP contribution is -2.54. The minimum atomic E-state index is 0.473. The molecule has 3 rings (SSSR count). The van der Waals surface area contributed by atoms with Crippen LogP contribution in [-0.2, 0) is 13.1 Å². The van der Waals surface area contributed by atoms with E-state index in [2.05, 4.69) is 47.1 Å². The van der Waals surface area contributed by atoms with Gasteiger partial charge in [0, 0.05) is 43.8 Å². The van der Waals surface area contributed by atoms with Gasteiger partial charge in [-0.15, -0.1) is 0 Å². The van der Waals surface area contributed by atoms with Gasteiger partial charge in [0.25, 0.3) is 0 Å². The summed E-state index contributed by atoms with van der Waals surface area (Å²) in [6.45, 7) is 11.9. The van der Waals surface area contributed by atoms with Gasteiger partial charge in [-0.25, -0.2) is 0 Å². The van der Waals surface area contributed by atoms with E-state index in [1.54, 1.807) is 0 Å². The number of piperazine rings is 1. The minimum absolute atomic E-state index is 0.473. The number of hydrogen-bond donors (Lipinski definition) is 1. The molecular formula is C16H28N4O. The fourth-order valence-corrected chi connectivity index (χ4v) is 3.49. The highest BCUT2D eigenvalue weighted by Crippen LogP contribution is 2.25. The number of nitrogens with zero attached hydrogens (tertiary/aromatic N) is 3. The Hall–Kier alpha value is -0.910. The zero-order chi connectivity index (χ0) is 14.8. The summed E-state index contributed by atoms with van der Waals surface area (Å²) < 4.78 is 5.51. The van der Waals surface area contributed by atoms with Gasteiger partial charge in [0.2, 0.25) is 0 Å². The van der Waals surface area contributed by atoms with Crippen molar-refractivity contribution in [3.05, 3.63) is 17.5 Å². The molecule has 0 amide bonds. The first kappa shape index (κ1) is 15.0. The molecule has 0 radical (unpaired) electrons. The van der Waals surface area contributed by atoms with Crippen LogP contribution in [0.3, 0.4) is 0 Å². The highest BCUT2D eigenvalue weighted by Gasteiger charge is 2.34. The molecule has 1 N–H and O–H groups in total. The Morgan fingerprint density at radius 3 is 3.10 bits per heavy atom. The zero-order valence-electron chi connectivity index (χ0n) is 13.5. The Morgan fingerprint density at radius 2 is 2.29 bits per heavy atom. The van der Waals surface area contributed by atoms with Gasteiger partial charge < -0.3 is 9.84 Å². The Bertz CT molecular complexity index is 459. The van der Waals surface area contributed by atoms with E-state index in [0.29, 0.717) is 12.1 Å². The van der Waals surface area contributed by atoms with Crippen molar-refractivity contribution in [1.29, 1.82) is 0 Å². The van der Waals surface area contributed by atoms with Crippen molar-refractivity contribution in [2.24, 2.45) is 0 Å². The van der Waals surface area contributed by atoms with Crippen molar-refractivity contribution in [1.82, 2.24) is 20.3 Å². The lowest BCUT2D eigenvalue weighted by molar-refractivity contribution is 0.0480. The van der Waals surface area contributed by atoms with Gasteiger partial charge >= 0.3 is 0 Å². The number of rotatable bonds is 5. The van der Waals surface area contributed by atoms with Crippen LogP contribution in [0.25, 0.3) is 0 Å². The van der Waals surface area contributed by atoms with Gasteiger partial charge in [0.05, 0.1) is 12.2 Å². The molecule has 5 heteroatoms. The van der Waals surface area contributed by atoms with Gasteiger partial charge in [0.1, 0.15) is 0 Å². The Kier molecular flexibility index (Phi) is 4.62. The SMILES string of the molecule is CC(C)NCc1cc(CN2CC3CCCN3CC2C)on1. The summed E-state index contributed by atoms with van der Waals surface area (Å²) >= 11 is 0. The molecule has 5 nitrogen and oxygen atoms in total. The van der Waals surface area contributed by atoms with E-state index >= 15 is 0 Å². The molecule has 0 saturated carbocycles. The topological polar surface area (TPSA) is 44.5 Å². The van der Waals surface area contributed by atoms with Crippen LogP contribution < -0.4 is 5.32 Å². The summed E-state index contributed by atoms with van der Waals surface area (Å²) in [5.74, 6) is 0.994. The normalized spacial score (nSPS) is 27.4. The Morgan fingerprint density at radius 1 is 1.43 bits per heavy atom. The van der Waals surface area contributed by atoms with Crippen molar-refractivity contribution in [3.8, 4) is 0 Å². The maximum Gasteiger partial charge on any atom is 0.151 e. The summed E-state index contributed by atoms with van der Waals surface area (Å²) in [7, 11) is 0. The molecular weight excluding hydrogens is 264 g/mol. The van der Waals surface area contributed by atoms with E-state index in [1.165, 1.54) is 32.5 Å². The second-order valence-corrected chi connectivity index (χ2v) is 6.89. The number of hydrogen-bond acceptors (Lipinski definition) is 5. The fourth-order valence-electron chi connectivity index (χ4n) is 3.49. The lowest BCUT2D eigenvalue weighted by Gasteiger charge is -2.41. The fraction of sp³-hybridized carbons (Fsp3) is 0.812. The molecule has 0 spiro atoms. The summed E-state index contributed by atoms with van der Waals surface area (Å²) in [6, 6.07) is 3.93. The molecule has 2 atom stereocenters. The smallest absolute Gasteiger partial charge is 0.151 e. The third-order valence-corrected chi connectivity index (χ3v) is 4.72. The zero-order valence-corrected chi connectivity index (χ0v) is 13.5. The van der Waals surface area contributed by atoms with Gasteiger partial charge in [0.15, 0.2) is 5.76 Å². The van der Waals surface area contributed by atoms with Gasteiger partial charge in [-0.05, 0) is 26.3 Å². The molecule has 1 aromatic rings. The molecule has 1 aromatic heterocycles. The van der Waals surface area contributed by atoms with Crippen LogP contribution in [0.2, 0.25) is 0 Å². The van der Waals surface area contributed by atoms with Crippen molar-refractivity contribution in [2.75, 3.05) is 19.6 Å². The van der Waals surface area contributed by atoms with Gasteiger partial charge in [-0.3, -0.25) is 9.80 Å². The first-order chi connectivity index (χ1) is 10.1. The van der Waals surface area contributed by atoms with Crippen molar-refractivity contribution in [3.63, 3.8) is 0 Å². The van der Waals surface area contributed by atoms with Crippen LogP contribution >= 0.6 is 0 Å². The number of nitrogens with one attached hydrogen (secondary N) is 1. The predicted molar refractivity (Wildman–Crippen MR) is 82.9 cm³/mol. The molecule has 2 aliphatic rings. The van der Waals surface area contributed by atoms with Crippen LogP contribution in [0, 0.1) is 0 Å². The standard InChI is InChI=1S/C16H28N4O/c1-12(2)17-8-14-7-16(21-18-14)11-20-10-15-5-4-6-19(15)9-13(20)3/h7,12-13,15,17H,4-6,8-11H2,1-3H3. The molecule has 118 valence electrons. The Balaban J connectivity index is 1.56. The maximum atomic E-state index is 5.51. The average Bonchev–Trinajstić information content (AvgIpc) is 3.06. The first-order valence-electron chi connectivity index (χ1n) is 8.28. The summed E-state index contributed by atoms with van der Waals surface area (Å²) in [4.78, 5) is 5.20. The van der Waals surface area contributed by atoms with E-state index < -0.39 is 0 Å². The van der Waals surface area contributed by atoms with E-state index in [9.17, 15) is 0 Å². The van der Waals surface area contributed by atoms with Crippen molar-refractivity contribution < 1.29 is 4.52 Å². The second kappa shape index (κ2) is 6.46. The first-order valence-corrected chi connectivity index (χ1v) is 8.28. The molecule has 2 saturated heterocycles. The summed E-state index contributed by atoms with van der Waals surface area (Å²) in [5, 5.41) is 7.55. The highest BCUT2D eigenvalue weighted by molar-refractivity contribution is 5.06. The van der Waals surface area contributed by atoms with Crippen LogP contribution in [-0.4, -0.2) is 52.7 Å². The van der Waals surface area contributed by atoms with Crippen LogP contribution in [0.5, 0.6) is 0 Å². The molecule has 2 aliphatic heterocycles. The predicted octanol–water partition coefficient (Wildman–Crippen LogP) is 1.84. The quantitative estimate of drug-likeness (QED) is 0.897. The van der Waals surface area contributed by atoms with Crippen molar-refractivity contribution in [2.45, 2.75) is 64.8 Å². The molecule has 0 aliphatic carbocycles. The van der Waals surface area contributed by atoms with Crippen LogP contribution in [0.4, 0.5) is 0 Å². The van der Waals surface area contributed by atoms with E-state index in [-0.39, 0.29) is 0 Å². The third kappa shape index (κ3) is 3.65. The largest absolute Gasteiger partial charge is 0.360 e. The molecule has 3 heterocycles. The number of fused-ring (bicyclic) bond motifs is 1. The van der Waals surface area contributed by atoms with E-state index in [4.69, 9.17) is 4.52 Å². The van der Waals surface area contributed by atoms with E-state index in [0.717, 1.165) is 30.6 Å². The third-order valence-electron chi connectivity index (χ3n) is 4.72. The van der Waals surface area contributed by atoms with E-state index in [1.807, 2.05) is 0 Å². The minimum Gasteiger partial charge on any atom is -0.360 e. The second-order valence-electron chi connectivity index (χ2n) is 6.89. The van der Waals surface area contributed by atoms with Gasteiger partial charge in [-0.1, -0.05) is 19.0 Å². The molecule has 0 aromatic carbocycles. The average molecular weight is 292 g/mol. The van der Waals surface area contributed by atoms with Crippen molar-refractivity contribution >= 4 is 0 Å². The summed E-state index contributed by atoms with van der Waals surface area (Å²) in [5.41, 5.74) is 1.01. The van der Waals surface area contributed by atoms with Gasteiger partial charge in [-0.2, -0.15) is 0 Å². The number of aromatic nitrogens is 1. The summed E-state index contributed by atoms with van der Waals surface area (Å²) in [6.07, 6.45) is 2.71.